The quantitative estimate of drug-likeness (QED) is 0.919. The maximum absolute atomic E-state index is 4.46. The fourth-order valence-electron chi connectivity index (χ4n) is 3.54. The van der Waals surface area contributed by atoms with Crippen LogP contribution in [-0.2, 0) is 0 Å². The zero-order chi connectivity index (χ0) is 14.7. The van der Waals surface area contributed by atoms with Crippen LogP contribution in [0.1, 0.15) is 33.1 Å². The topological polar surface area (TPSA) is 31.4 Å². The predicted octanol–water partition coefficient (Wildman–Crippen LogP) is 2.12. The van der Waals surface area contributed by atoms with E-state index in [4.69, 9.17) is 0 Å². The first-order chi connectivity index (χ1) is 10.2. The smallest absolute Gasteiger partial charge is 0.128 e. The summed E-state index contributed by atoms with van der Waals surface area (Å²) >= 11 is 0. The average Bonchev–Trinajstić information content (AvgIpc) is 2.98. The third kappa shape index (κ3) is 3.74. The van der Waals surface area contributed by atoms with Crippen molar-refractivity contribution < 1.29 is 0 Å². The molecule has 0 amide bonds. The molecular weight excluding hydrogens is 260 g/mol. The first kappa shape index (κ1) is 14.8. The van der Waals surface area contributed by atoms with Crippen LogP contribution in [0.5, 0.6) is 0 Å². The summed E-state index contributed by atoms with van der Waals surface area (Å²) in [7, 11) is 0. The highest BCUT2D eigenvalue weighted by molar-refractivity contribution is 5.38. The summed E-state index contributed by atoms with van der Waals surface area (Å²) in [5.41, 5.74) is 0. The van der Waals surface area contributed by atoms with Crippen LogP contribution in [0, 0.1) is 0 Å². The van der Waals surface area contributed by atoms with Gasteiger partial charge in [-0.2, -0.15) is 0 Å². The van der Waals surface area contributed by atoms with E-state index in [2.05, 4.69) is 46.1 Å². The van der Waals surface area contributed by atoms with Crippen LogP contribution in [0.25, 0.3) is 0 Å². The largest absolute Gasteiger partial charge is 0.357 e. The number of aromatic nitrogens is 1. The number of rotatable bonds is 4. The molecule has 1 aromatic heterocycles. The molecule has 1 atom stereocenters. The van der Waals surface area contributed by atoms with Crippen molar-refractivity contribution in [2.75, 3.05) is 31.1 Å². The van der Waals surface area contributed by atoms with Crippen LogP contribution < -0.4 is 10.2 Å². The van der Waals surface area contributed by atoms with E-state index in [9.17, 15) is 0 Å². The van der Waals surface area contributed by atoms with Crippen LogP contribution in [0.3, 0.4) is 0 Å². The van der Waals surface area contributed by atoms with Crippen LogP contribution in [0.15, 0.2) is 24.4 Å². The van der Waals surface area contributed by atoms with Gasteiger partial charge in [0, 0.05) is 44.0 Å². The fraction of sp³-hybridized carbons (Fsp3) is 0.706. The molecule has 2 aliphatic heterocycles. The van der Waals surface area contributed by atoms with Gasteiger partial charge >= 0.3 is 0 Å². The number of hydrogen-bond acceptors (Lipinski definition) is 4. The summed E-state index contributed by atoms with van der Waals surface area (Å²) in [5.74, 6) is 1.13. The van der Waals surface area contributed by atoms with Gasteiger partial charge in [-0.05, 0) is 51.8 Å². The molecule has 0 spiro atoms. The van der Waals surface area contributed by atoms with E-state index in [0.717, 1.165) is 18.9 Å². The number of nitrogens with zero attached hydrogens (tertiary/aromatic N) is 3. The van der Waals surface area contributed by atoms with Crippen LogP contribution in [0.4, 0.5) is 5.82 Å². The second kappa shape index (κ2) is 6.75. The number of piperidine rings is 1. The molecule has 2 fully saturated rings. The minimum Gasteiger partial charge on any atom is -0.357 e. The van der Waals surface area contributed by atoms with Crippen molar-refractivity contribution in [3.05, 3.63) is 24.4 Å². The van der Waals surface area contributed by atoms with Gasteiger partial charge in [-0.1, -0.05) is 6.07 Å². The first-order valence-electron chi connectivity index (χ1n) is 8.38. The monoisotopic (exact) mass is 288 g/mol. The third-order valence-corrected chi connectivity index (χ3v) is 4.89. The molecule has 4 heteroatoms. The van der Waals surface area contributed by atoms with Crippen molar-refractivity contribution in [2.45, 2.75) is 51.2 Å². The molecular formula is C17H28N4. The van der Waals surface area contributed by atoms with E-state index < -0.39 is 0 Å². The molecule has 2 saturated heterocycles. The Labute approximate surface area is 128 Å². The number of hydrogen-bond donors (Lipinski definition) is 1. The number of pyridine rings is 1. The molecule has 1 aromatic rings. The molecule has 1 N–H and O–H groups in total. The number of nitrogens with one attached hydrogen (secondary N) is 1. The van der Waals surface area contributed by atoms with Crippen molar-refractivity contribution >= 4 is 5.82 Å². The van der Waals surface area contributed by atoms with Gasteiger partial charge in [0.25, 0.3) is 0 Å². The summed E-state index contributed by atoms with van der Waals surface area (Å²) in [5, 5.41) is 3.89. The van der Waals surface area contributed by atoms with Gasteiger partial charge in [-0.25, -0.2) is 4.98 Å². The van der Waals surface area contributed by atoms with E-state index in [1.54, 1.807) is 0 Å². The van der Waals surface area contributed by atoms with Gasteiger partial charge in [-0.3, -0.25) is 4.90 Å². The number of likely N-dealkylation sites (tertiary alicyclic amines) is 1. The van der Waals surface area contributed by atoms with Gasteiger partial charge in [0.1, 0.15) is 5.82 Å². The molecule has 21 heavy (non-hydrogen) atoms. The normalized spacial score (nSPS) is 24.9. The van der Waals surface area contributed by atoms with E-state index in [1.165, 1.54) is 32.4 Å². The molecule has 0 saturated carbocycles. The maximum Gasteiger partial charge on any atom is 0.128 e. The Morgan fingerprint density at radius 1 is 1.10 bits per heavy atom. The Balaban J connectivity index is 1.44. The van der Waals surface area contributed by atoms with Gasteiger partial charge < -0.3 is 10.2 Å². The predicted molar refractivity (Wildman–Crippen MR) is 87.7 cm³/mol. The summed E-state index contributed by atoms with van der Waals surface area (Å²) in [6, 6.07) is 8.23. The Morgan fingerprint density at radius 3 is 2.48 bits per heavy atom. The third-order valence-electron chi connectivity index (χ3n) is 4.89. The fourth-order valence-corrected chi connectivity index (χ4v) is 3.54. The summed E-state index contributed by atoms with van der Waals surface area (Å²) in [4.78, 5) is 9.45. The van der Waals surface area contributed by atoms with E-state index in [-0.39, 0.29) is 0 Å². The summed E-state index contributed by atoms with van der Waals surface area (Å²) in [6.07, 6.45) is 5.65. The summed E-state index contributed by atoms with van der Waals surface area (Å²) < 4.78 is 0. The molecule has 3 heterocycles. The Morgan fingerprint density at radius 2 is 1.86 bits per heavy atom. The number of anilines is 1. The molecule has 4 nitrogen and oxygen atoms in total. The molecule has 0 bridgehead atoms. The zero-order valence-corrected chi connectivity index (χ0v) is 13.3. The van der Waals surface area contributed by atoms with E-state index >= 15 is 0 Å². The molecule has 3 rings (SSSR count). The van der Waals surface area contributed by atoms with Crippen LogP contribution in [0.2, 0.25) is 0 Å². The van der Waals surface area contributed by atoms with Crippen LogP contribution in [-0.4, -0.2) is 54.2 Å². The lowest BCUT2D eigenvalue weighted by Gasteiger charge is -2.34. The highest BCUT2D eigenvalue weighted by atomic mass is 15.2. The van der Waals surface area contributed by atoms with Gasteiger partial charge in [-0.15, -0.1) is 0 Å². The van der Waals surface area contributed by atoms with E-state index in [1.807, 2.05) is 12.3 Å². The Kier molecular flexibility index (Phi) is 4.76. The highest BCUT2D eigenvalue weighted by Crippen LogP contribution is 2.19. The van der Waals surface area contributed by atoms with E-state index in [0.29, 0.717) is 18.1 Å². The maximum atomic E-state index is 4.46. The molecule has 0 radical (unpaired) electrons. The molecule has 0 aromatic carbocycles. The van der Waals surface area contributed by atoms with Crippen molar-refractivity contribution in [3.63, 3.8) is 0 Å². The zero-order valence-electron chi connectivity index (χ0n) is 13.3. The Hall–Kier alpha value is -1.13. The average molecular weight is 288 g/mol. The molecule has 0 aliphatic carbocycles. The van der Waals surface area contributed by atoms with Gasteiger partial charge in [0.2, 0.25) is 0 Å². The standard InChI is InChI=1S/C17H28N4/c1-14(2)21-12-8-16(13-21)19-15-6-10-20(11-7-15)17-5-3-4-9-18-17/h3-5,9,14-16,19H,6-8,10-13H2,1-2H3. The second-order valence-corrected chi connectivity index (χ2v) is 6.69. The SMILES string of the molecule is CC(C)N1CCC(NC2CCN(c3ccccn3)CC2)C1. The first-order valence-corrected chi connectivity index (χ1v) is 8.38. The molecule has 1 unspecified atom stereocenters. The van der Waals surface area contributed by atoms with Crippen molar-refractivity contribution in [3.8, 4) is 0 Å². The lowest BCUT2D eigenvalue weighted by molar-refractivity contribution is 0.262. The Bertz CT molecular complexity index is 426. The second-order valence-electron chi connectivity index (χ2n) is 6.69. The summed E-state index contributed by atoms with van der Waals surface area (Å²) in [6.45, 7) is 9.31. The molecule has 2 aliphatic rings. The minimum atomic E-state index is 0.682. The van der Waals surface area contributed by atoms with Crippen molar-refractivity contribution in [1.82, 2.24) is 15.2 Å². The van der Waals surface area contributed by atoms with Crippen molar-refractivity contribution in [1.29, 1.82) is 0 Å². The van der Waals surface area contributed by atoms with Gasteiger partial charge in [0.15, 0.2) is 0 Å². The van der Waals surface area contributed by atoms with Gasteiger partial charge in [0.05, 0.1) is 0 Å². The van der Waals surface area contributed by atoms with Crippen LogP contribution >= 0.6 is 0 Å². The lowest BCUT2D eigenvalue weighted by atomic mass is 10.0. The highest BCUT2D eigenvalue weighted by Gasteiger charge is 2.27. The van der Waals surface area contributed by atoms with Crippen molar-refractivity contribution in [2.24, 2.45) is 0 Å². The molecule has 116 valence electrons. The minimum absolute atomic E-state index is 0.682. The lowest BCUT2D eigenvalue weighted by Crippen LogP contribution is -2.47.